The molecule has 2 aliphatic carbocycles. The molecule has 1 heterocycles. The van der Waals surface area contributed by atoms with Crippen LogP contribution in [0.5, 0.6) is 23.0 Å². The number of aromatic nitrogens is 1. The van der Waals surface area contributed by atoms with Crippen LogP contribution in [0.25, 0.3) is 44.6 Å². The molecule has 0 saturated carbocycles. The quantitative estimate of drug-likeness (QED) is 0.144. The third-order valence-electron chi connectivity index (χ3n) is 10.2. The highest BCUT2D eigenvalue weighted by atomic mass is 16.5. The number of pyridine rings is 1. The maximum Gasteiger partial charge on any atom is 0.184 e. The molecule has 2 aliphatic rings. The summed E-state index contributed by atoms with van der Waals surface area (Å²) in [7, 11) is 0. The van der Waals surface area contributed by atoms with Gasteiger partial charge in [-0.1, -0.05) is 72.5 Å². The minimum Gasteiger partial charge on any atom is -0.477 e. The summed E-state index contributed by atoms with van der Waals surface area (Å²) in [4.78, 5) is 4.60. The zero-order chi connectivity index (χ0) is 42.0. The van der Waals surface area contributed by atoms with E-state index in [1.54, 1.807) is 20.0 Å². The fraction of sp³-hybridized carbons (Fsp3) is 0.0893. The number of ether oxygens (including phenoxy) is 4. The molecule has 5 heteroatoms. The van der Waals surface area contributed by atoms with Crippen LogP contribution >= 0.6 is 0 Å². The Balaban J connectivity index is 1.40. The number of hydrogen-bond donors (Lipinski definition) is 0. The molecule has 0 aliphatic heterocycles. The van der Waals surface area contributed by atoms with Crippen molar-refractivity contribution in [3.05, 3.63) is 138 Å². The molecule has 1 atom stereocenters. The van der Waals surface area contributed by atoms with E-state index in [2.05, 4.69) is 155 Å². The smallest absolute Gasteiger partial charge is 0.184 e. The van der Waals surface area contributed by atoms with Crippen molar-refractivity contribution in [3.8, 4) is 164 Å². The normalized spacial score (nSPS) is 12.5. The second-order valence-electron chi connectivity index (χ2n) is 13.4. The first-order chi connectivity index (χ1) is 30.1. The molecule has 1 spiro atoms. The molecule has 0 amide bonds. The lowest BCUT2D eigenvalue weighted by molar-refractivity contribution is 0.314. The highest BCUT2D eigenvalue weighted by molar-refractivity contribution is 5.97. The highest BCUT2D eigenvalue weighted by Crippen LogP contribution is 2.65. The van der Waals surface area contributed by atoms with Crippen LogP contribution in [-0.4, -0.2) is 18.2 Å². The van der Waals surface area contributed by atoms with Crippen LogP contribution in [0, 0.1) is 96.1 Å². The lowest BCUT2D eigenvalue weighted by atomic mass is 9.70. The third-order valence-corrected chi connectivity index (χ3v) is 10.2. The van der Waals surface area contributed by atoms with Gasteiger partial charge >= 0.3 is 0 Å². The zero-order valence-electron chi connectivity index (χ0n) is 33.1. The van der Waals surface area contributed by atoms with E-state index in [0.29, 0.717) is 23.0 Å². The molecule has 1 aromatic heterocycles. The van der Waals surface area contributed by atoms with E-state index in [1.165, 1.54) is 0 Å². The largest absolute Gasteiger partial charge is 0.477 e. The Morgan fingerprint density at radius 3 is 1.74 bits per heavy atom. The molecule has 8 rings (SSSR count). The van der Waals surface area contributed by atoms with Gasteiger partial charge in [-0.15, -0.1) is 12.8 Å². The summed E-state index contributed by atoms with van der Waals surface area (Å²) in [6, 6.07) is 37.3. The molecular formula is C56H31NO4. The molecule has 0 N–H and O–H groups in total. The van der Waals surface area contributed by atoms with Gasteiger partial charge in [-0.3, -0.25) is 4.98 Å². The SMILES string of the molecule is C#CC#CCOc1cc2c(cc1OCC#CC#C)C1(c3ccccc3-c3cc(-c4cccc(-c5ccccn5)c4)ccc31)c1cc(OC#CC#CC)c(OC#CC#CC)cc1-2. The number of terminal acetylenes is 2. The van der Waals surface area contributed by atoms with Gasteiger partial charge in [0.1, 0.15) is 25.4 Å². The fourth-order valence-corrected chi connectivity index (χ4v) is 7.89. The average Bonchev–Trinajstić information content (AvgIpc) is 3.75. The van der Waals surface area contributed by atoms with Gasteiger partial charge < -0.3 is 18.9 Å². The number of nitrogens with zero attached hydrogens (tertiary/aromatic N) is 1. The van der Waals surface area contributed by atoms with Crippen molar-refractivity contribution in [2.45, 2.75) is 19.3 Å². The van der Waals surface area contributed by atoms with Gasteiger partial charge in [0.15, 0.2) is 23.0 Å². The van der Waals surface area contributed by atoms with Crippen molar-refractivity contribution >= 4 is 0 Å². The standard InChI is InChI=1S/C56H31NO4/c1-5-9-17-30-58-52-36-45-46-37-53(59-31-18-10-6-2)55(61-33-20-12-8-4)39-50(46)56(49(45)38-54(52)60-32-19-11-7-3)47-25-14-13-24-43(47)44-35-41(27-28-48(44)56)40-22-21-23-42(34-40)51-26-15-16-29-57-51/h1,3,13-16,21-29,34-39H,30,32H2,2,4H3. The van der Waals surface area contributed by atoms with Crippen LogP contribution in [0.15, 0.2) is 115 Å². The van der Waals surface area contributed by atoms with E-state index >= 15 is 0 Å². The van der Waals surface area contributed by atoms with Crippen molar-refractivity contribution in [1.82, 2.24) is 4.98 Å². The molecule has 1 unspecified atom stereocenters. The Bertz CT molecular complexity index is 3240. The minimum atomic E-state index is -0.873. The maximum absolute atomic E-state index is 6.32. The average molecular weight is 782 g/mol. The van der Waals surface area contributed by atoms with E-state index in [4.69, 9.17) is 31.8 Å². The maximum atomic E-state index is 6.32. The summed E-state index contributed by atoms with van der Waals surface area (Å²) < 4.78 is 24.7. The molecule has 0 radical (unpaired) electrons. The van der Waals surface area contributed by atoms with Gasteiger partial charge in [0.05, 0.1) is 11.1 Å². The van der Waals surface area contributed by atoms with Crippen molar-refractivity contribution in [3.63, 3.8) is 0 Å². The van der Waals surface area contributed by atoms with E-state index in [0.717, 1.165) is 66.9 Å². The first-order valence-electron chi connectivity index (χ1n) is 19.1. The lowest BCUT2D eigenvalue weighted by Gasteiger charge is -2.31. The van der Waals surface area contributed by atoms with E-state index < -0.39 is 5.41 Å². The van der Waals surface area contributed by atoms with Crippen molar-refractivity contribution < 1.29 is 18.9 Å². The van der Waals surface area contributed by atoms with Gasteiger partial charge in [0, 0.05) is 23.6 Å². The summed E-state index contributed by atoms with van der Waals surface area (Å²) in [5, 5.41) is 0. The predicted octanol–water partition coefficient (Wildman–Crippen LogP) is 9.52. The summed E-state index contributed by atoms with van der Waals surface area (Å²) in [5.74, 6) is 33.7. The van der Waals surface area contributed by atoms with Crippen LogP contribution in [0.4, 0.5) is 0 Å². The molecule has 0 fully saturated rings. The Morgan fingerprint density at radius 2 is 1.07 bits per heavy atom. The molecule has 0 bridgehead atoms. The van der Waals surface area contributed by atoms with Crippen LogP contribution in [0.1, 0.15) is 36.1 Å². The summed E-state index contributed by atoms with van der Waals surface area (Å²) in [6.45, 7) is 3.47. The van der Waals surface area contributed by atoms with Crippen LogP contribution in [0.3, 0.4) is 0 Å². The van der Waals surface area contributed by atoms with Gasteiger partial charge in [0.25, 0.3) is 0 Å². The first kappa shape index (κ1) is 38.8. The topological polar surface area (TPSA) is 49.8 Å². The molecule has 61 heavy (non-hydrogen) atoms. The number of hydrogen-bond acceptors (Lipinski definition) is 5. The third kappa shape index (κ3) is 7.34. The van der Waals surface area contributed by atoms with Crippen molar-refractivity contribution in [2.24, 2.45) is 0 Å². The second-order valence-corrected chi connectivity index (χ2v) is 13.4. The Morgan fingerprint density at radius 1 is 0.492 bits per heavy atom. The second kappa shape index (κ2) is 17.6. The van der Waals surface area contributed by atoms with Gasteiger partial charge in [-0.05, 0) is 165 Å². The van der Waals surface area contributed by atoms with Gasteiger partial charge in [0.2, 0.25) is 0 Å². The number of benzene rings is 5. The van der Waals surface area contributed by atoms with Gasteiger partial charge in [-0.2, -0.15) is 0 Å². The van der Waals surface area contributed by atoms with Crippen LogP contribution in [0.2, 0.25) is 0 Å². The fourth-order valence-electron chi connectivity index (χ4n) is 7.89. The Kier molecular flexibility index (Phi) is 11.2. The monoisotopic (exact) mass is 781 g/mol. The Hall–Kier alpha value is -9.07. The molecule has 5 aromatic carbocycles. The molecular weight excluding hydrogens is 751 g/mol. The molecule has 0 saturated heterocycles. The predicted molar refractivity (Wildman–Crippen MR) is 239 cm³/mol. The van der Waals surface area contributed by atoms with E-state index in [9.17, 15) is 0 Å². The number of fused-ring (bicyclic) bond motifs is 10. The highest BCUT2D eigenvalue weighted by Gasteiger charge is 2.53. The molecule has 284 valence electrons. The van der Waals surface area contributed by atoms with E-state index in [-0.39, 0.29) is 13.2 Å². The lowest BCUT2D eigenvalue weighted by Crippen LogP contribution is -2.26. The summed E-state index contributed by atoms with van der Waals surface area (Å²) >= 11 is 0. The van der Waals surface area contributed by atoms with E-state index in [1.807, 2.05) is 42.5 Å². The molecule has 5 nitrogen and oxygen atoms in total. The Labute approximate surface area is 356 Å². The molecule has 6 aromatic rings. The van der Waals surface area contributed by atoms with Crippen molar-refractivity contribution in [2.75, 3.05) is 13.2 Å². The van der Waals surface area contributed by atoms with Gasteiger partial charge in [-0.25, -0.2) is 0 Å². The summed E-state index contributed by atoms with van der Waals surface area (Å²) in [5.41, 5.74) is 11.1. The van der Waals surface area contributed by atoms with Crippen LogP contribution < -0.4 is 18.9 Å². The summed E-state index contributed by atoms with van der Waals surface area (Å²) in [6.07, 6.45) is 18.1. The first-order valence-corrected chi connectivity index (χ1v) is 19.1. The van der Waals surface area contributed by atoms with Crippen LogP contribution in [-0.2, 0) is 5.41 Å². The minimum absolute atomic E-state index is 0.0257. The zero-order valence-corrected chi connectivity index (χ0v) is 33.1. The number of rotatable bonds is 8. The van der Waals surface area contributed by atoms with Crippen molar-refractivity contribution in [1.29, 1.82) is 0 Å².